The number of fused-ring (bicyclic) bond motifs is 4. The number of rotatable bonds is 0. The molecule has 0 unspecified atom stereocenters. The number of aromatic nitrogens is 1. The minimum Gasteiger partial charge on any atom is -0.282 e. The molecule has 0 aliphatic carbocycles. The predicted molar refractivity (Wildman–Crippen MR) is 73.7 cm³/mol. The first-order valence-corrected chi connectivity index (χ1v) is 6.39. The number of ketones is 1. The molecule has 1 aliphatic rings. The largest absolute Gasteiger partial charge is 0.426 e. The fraction of sp³-hybridized carbons (Fsp3) is 0. The van der Waals surface area contributed by atoms with Crippen molar-refractivity contribution in [2.45, 2.75) is 0 Å². The summed E-state index contributed by atoms with van der Waals surface area (Å²) >= 11 is 0. The predicted octanol–water partition coefficient (Wildman–Crippen LogP) is 2.36. The van der Waals surface area contributed by atoms with Crippen LogP contribution in [0, 0.1) is 0 Å². The maximum atomic E-state index is 12.7. The molecule has 3 nitrogen and oxygen atoms in total. The number of hydrogen-bond donors (Lipinski definition) is 0. The SMILES string of the molecule is O=C1c2ccccc2C(=O)[n+]2c1ccc1ccccc12. The number of carbonyl (C=O) groups is 2. The molecule has 0 saturated heterocycles. The zero-order valence-corrected chi connectivity index (χ0v) is 10.5. The van der Waals surface area contributed by atoms with Crippen LogP contribution in [0.15, 0.2) is 60.7 Å². The second kappa shape index (κ2) is 3.84. The molecule has 0 amide bonds. The van der Waals surface area contributed by atoms with Crippen molar-refractivity contribution in [3.8, 4) is 0 Å². The van der Waals surface area contributed by atoms with Crippen molar-refractivity contribution < 1.29 is 14.2 Å². The first kappa shape index (κ1) is 11.1. The lowest BCUT2D eigenvalue weighted by atomic mass is 9.95. The van der Waals surface area contributed by atoms with Crippen LogP contribution in [-0.4, -0.2) is 11.7 Å². The van der Waals surface area contributed by atoms with E-state index >= 15 is 0 Å². The Morgan fingerprint density at radius 2 is 1.40 bits per heavy atom. The summed E-state index contributed by atoms with van der Waals surface area (Å²) in [6, 6.07) is 18.1. The van der Waals surface area contributed by atoms with E-state index in [2.05, 4.69) is 0 Å². The highest BCUT2D eigenvalue weighted by Gasteiger charge is 2.38. The Labute approximate surface area is 115 Å². The molecule has 3 heteroatoms. The van der Waals surface area contributed by atoms with Gasteiger partial charge in [-0.15, -0.1) is 4.57 Å². The molecule has 0 fully saturated rings. The van der Waals surface area contributed by atoms with Gasteiger partial charge in [-0.1, -0.05) is 24.3 Å². The van der Waals surface area contributed by atoms with E-state index in [9.17, 15) is 9.59 Å². The van der Waals surface area contributed by atoms with Gasteiger partial charge in [0.05, 0.1) is 0 Å². The van der Waals surface area contributed by atoms with E-state index < -0.39 is 0 Å². The molecular weight excluding hydrogens is 250 g/mol. The van der Waals surface area contributed by atoms with Gasteiger partial charge in [-0.2, -0.15) is 0 Å². The van der Waals surface area contributed by atoms with E-state index in [0.717, 1.165) is 10.9 Å². The molecule has 20 heavy (non-hydrogen) atoms. The van der Waals surface area contributed by atoms with Crippen molar-refractivity contribution in [3.05, 3.63) is 77.5 Å². The van der Waals surface area contributed by atoms with Crippen LogP contribution < -0.4 is 4.57 Å². The van der Waals surface area contributed by atoms with Crippen molar-refractivity contribution in [2.24, 2.45) is 0 Å². The zero-order valence-electron chi connectivity index (χ0n) is 10.5. The smallest absolute Gasteiger partial charge is 0.282 e. The second-order valence-corrected chi connectivity index (χ2v) is 4.79. The van der Waals surface area contributed by atoms with Crippen molar-refractivity contribution in [2.75, 3.05) is 0 Å². The summed E-state index contributed by atoms with van der Waals surface area (Å²) in [7, 11) is 0. The average molecular weight is 260 g/mol. The van der Waals surface area contributed by atoms with Crippen LogP contribution in [0.2, 0.25) is 0 Å². The van der Waals surface area contributed by atoms with E-state index in [1.807, 2.05) is 30.3 Å². The van der Waals surface area contributed by atoms with Crippen LogP contribution in [0.4, 0.5) is 0 Å². The molecule has 0 bridgehead atoms. The Morgan fingerprint density at radius 3 is 2.25 bits per heavy atom. The van der Waals surface area contributed by atoms with Gasteiger partial charge in [0.15, 0.2) is 0 Å². The third-order valence-corrected chi connectivity index (χ3v) is 3.68. The van der Waals surface area contributed by atoms with E-state index in [-0.39, 0.29) is 11.7 Å². The lowest BCUT2D eigenvalue weighted by molar-refractivity contribution is -0.545. The monoisotopic (exact) mass is 260 g/mol. The molecule has 94 valence electrons. The Bertz CT molecular complexity index is 896. The van der Waals surface area contributed by atoms with E-state index in [0.29, 0.717) is 16.8 Å². The number of hydrogen-bond acceptors (Lipinski definition) is 2. The number of para-hydroxylation sites is 1. The molecular formula is C17H10NO2+. The topological polar surface area (TPSA) is 38.0 Å². The Kier molecular flexibility index (Phi) is 2.12. The van der Waals surface area contributed by atoms with Gasteiger partial charge >= 0.3 is 5.91 Å². The van der Waals surface area contributed by atoms with Crippen LogP contribution >= 0.6 is 0 Å². The molecule has 0 saturated carbocycles. The highest BCUT2D eigenvalue weighted by molar-refractivity contribution is 6.16. The van der Waals surface area contributed by atoms with E-state index in [1.54, 1.807) is 30.3 Å². The van der Waals surface area contributed by atoms with Gasteiger partial charge in [0.2, 0.25) is 5.52 Å². The highest BCUT2D eigenvalue weighted by Crippen LogP contribution is 2.20. The standard InChI is InChI=1S/C17H10NO2/c19-16-12-6-2-3-7-13(12)17(20)18-14-8-4-1-5-11(14)9-10-15(16)18/h1-10H/q+1. The molecule has 4 rings (SSSR count). The molecule has 2 heterocycles. The summed E-state index contributed by atoms with van der Waals surface area (Å²) in [6.07, 6.45) is 0. The maximum Gasteiger partial charge on any atom is 0.426 e. The van der Waals surface area contributed by atoms with Crippen molar-refractivity contribution in [3.63, 3.8) is 0 Å². The summed E-state index contributed by atoms with van der Waals surface area (Å²) in [4.78, 5) is 25.2. The van der Waals surface area contributed by atoms with Crippen molar-refractivity contribution in [1.82, 2.24) is 0 Å². The van der Waals surface area contributed by atoms with E-state index in [4.69, 9.17) is 0 Å². The molecule has 2 aromatic carbocycles. The summed E-state index contributed by atoms with van der Waals surface area (Å²) in [5.74, 6) is -0.252. The normalized spacial score (nSPS) is 13.2. The van der Waals surface area contributed by atoms with Crippen LogP contribution in [0.3, 0.4) is 0 Å². The molecule has 0 radical (unpaired) electrons. The van der Waals surface area contributed by atoms with Crippen LogP contribution in [0.5, 0.6) is 0 Å². The molecule has 0 atom stereocenters. The highest BCUT2D eigenvalue weighted by atomic mass is 16.2. The zero-order chi connectivity index (χ0) is 13.7. The maximum absolute atomic E-state index is 12.7. The third-order valence-electron chi connectivity index (χ3n) is 3.68. The van der Waals surface area contributed by atoms with Gasteiger partial charge in [0.1, 0.15) is 5.56 Å². The van der Waals surface area contributed by atoms with Gasteiger partial charge in [0, 0.05) is 23.1 Å². The molecule has 0 spiro atoms. The minimum atomic E-state index is -0.146. The first-order chi connectivity index (χ1) is 9.77. The minimum absolute atomic E-state index is 0.106. The Morgan fingerprint density at radius 1 is 0.700 bits per heavy atom. The summed E-state index contributed by atoms with van der Waals surface area (Å²) < 4.78 is 1.51. The fourth-order valence-corrected chi connectivity index (χ4v) is 2.73. The number of carbonyl (C=O) groups excluding carboxylic acids is 2. The number of nitrogens with zero attached hydrogens (tertiary/aromatic N) is 1. The third kappa shape index (κ3) is 1.32. The van der Waals surface area contributed by atoms with Gasteiger partial charge < -0.3 is 0 Å². The molecule has 0 N–H and O–H groups in total. The van der Waals surface area contributed by atoms with Crippen LogP contribution in [0.25, 0.3) is 10.9 Å². The van der Waals surface area contributed by atoms with Crippen LogP contribution in [0.1, 0.15) is 26.4 Å². The first-order valence-electron chi connectivity index (χ1n) is 6.39. The lowest BCUT2D eigenvalue weighted by Crippen LogP contribution is -2.52. The van der Waals surface area contributed by atoms with Gasteiger partial charge in [0.25, 0.3) is 11.5 Å². The van der Waals surface area contributed by atoms with Gasteiger partial charge in [-0.05, 0) is 24.3 Å². The summed E-state index contributed by atoms with van der Waals surface area (Å²) in [5, 5.41) is 0.941. The molecule has 3 aromatic rings. The number of pyridine rings is 1. The summed E-state index contributed by atoms with van der Waals surface area (Å²) in [6.45, 7) is 0. The van der Waals surface area contributed by atoms with E-state index in [1.165, 1.54) is 4.57 Å². The fourth-order valence-electron chi connectivity index (χ4n) is 2.73. The Balaban J connectivity index is 2.14. The second-order valence-electron chi connectivity index (χ2n) is 4.79. The molecule has 1 aliphatic heterocycles. The van der Waals surface area contributed by atoms with Crippen LogP contribution in [-0.2, 0) is 0 Å². The van der Waals surface area contributed by atoms with Crippen molar-refractivity contribution >= 4 is 22.6 Å². The van der Waals surface area contributed by atoms with Crippen molar-refractivity contribution in [1.29, 1.82) is 0 Å². The average Bonchev–Trinajstić information content (AvgIpc) is 2.51. The van der Waals surface area contributed by atoms with Gasteiger partial charge in [-0.3, -0.25) is 4.79 Å². The molecule has 1 aromatic heterocycles. The number of benzene rings is 2. The quantitative estimate of drug-likeness (QED) is 0.455. The lowest BCUT2D eigenvalue weighted by Gasteiger charge is -2.12. The summed E-state index contributed by atoms with van der Waals surface area (Å²) in [5.41, 5.74) is 2.13. The van der Waals surface area contributed by atoms with Gasteiger partial charge in [-0.25, -0.2) is 4.79 Å². The Hall–Kier alpha value is -2.81.